The Kier molecular flexibility index (Phi) is 7.29. The Balaban J connectivity index is 0.977. The third-order valence-electron chi connectivity index (χ3n) is 8.81. The van der Waals surface area contributed by atoms with Crippen molar-refractivity contribution >= 4 is 5.91 Å². The topological polar surface area (TPSA) is 50.8 Å². The molecule has 5 heteroatoms. The number of likely N-dealkylation sites (tertiary alicyclic amines) is 1. The maximum atomic E-state index is 12.9. The molecule has 2 aromatic rings. The fourth-order valence-electron chi connectivity index (χ4n) is 6.81. The van der Waals surface area contributed by atoms with Gasteiger partial charge in [0.2, 0.25) is 0 Å². The molecule has 1 saturated carbocycles. The van der Waals surface area contributed by atoms with Crippen LogP contribution in [0.4, 0.5) is 0 Å². The molecule has 2 aliphatic carbocycles. The molecular formula is C31H40N2O3. The average Bonchev–Trinajstić information content (AvgIpc) is 3.55. The van der Waals surface area contributed by atoms with Crippen molar-refractivity contribution in [1.29, 1.82) is 0 Å². The van der Waals surface area contributed by atoms with Crippen LogP contribution in [0, 0.1) is 11.8 Å². The number of benzene rings is 2. The normalized spacial score (nSPS) is 27.6. The number of carbonyl (C=O) groups is 1. The summed E-state index contributed by atoms with van der Waals surface area (Å²) >= 11 is 0. The minimum Gasteiger partial charge on any atom is -0.491 e. The lowest BCUT2D eigenvalue weighted by Crippen LogP contribution is -2.39. The summed E-state index contributed by atoms with van der Waals surface area (Å²) in [5.41, 5.74) is 5.02. The summed E-state index contributed by atoms with van der Waals surface area (Å²) < 4.78 is 11.4. The van der Waals surface area contributed by atoms with Gasteiger partial charge in [-0.2, -0.15) is 0 Å². The standard InChI is InChI=1S/C31H40N2O3/c34-31(25-8-11-29(12-9-25)36-21-30-2-1-15-35-30)32-28-10-7-26-17-22(5-6-27(26)18-28)13-14-33-19-23-3-4-24(16-23)20-33/h5-6,8-9,11-12,17,23-24,28,30H,1-4,7,10,13-16,18-21H2,(H,32,34)/t23?,24?,28-,30-/m0/s1. The Morgan fingerprint density at radius 2 is 1.83 bits per heavy atom. The molecule has 2 saturated heterocycles. The molecule has 4 atom stereocenters. The fourth-order valence-corrected chi connectivity index (χ4v) is 6.81. The van der Waals surface area contributed by atoms with Crippen LogP contribution >= 0.6 is 0 Å². The molecule has 192 valence electrons. The van der Waals surface area contributed by atoms with Crippen molar-refractivity contribution in [2.24, 2.45) is 11.8 Å². The molecule has 2 aliphatic heterocycles. The predicted octanol–water partition coefficient (Wildman–Crippen LogP) is 4.81. The molecule has 2 unspecified atom stereocenters. The molecule has 2 heterocycles. The minimum absolute atomic E-state index is 0.00115. The van der Waals surface area contributed by atoms with E-state index in [1.54, 1.807) is 0 Å². The first-order chi connectivity index (χ1) is 17.7. The first-order valence-corrected chi connectivity index (χ1v) is 14.2. The smallest absolute Gasteiger partial charge is 0.251 e. The van der Waals surface area contributed by atoms with Crippen LogP contribution in [0.5, 0.6) is 5.75 Å². The molecule has 36 heavy (non-hydrogen) atoms. The number of hydrogen-bond donors (Lipinski definition) is 1. The highest BCUT2D eigenvalue weighted by molar-refractivity contribution is 5.94. The van der Waals surface area contributed by atoms with Gasteiger partial charge in [-0.05, 0) is 111 Å². The Labute approximate surface area is 215 Å². The van der Waals surface area contributed by atoms with E-state index in [9.17, 15) is 4.79 Å². The lowest BCUT2D eigenvalue weighted by molar-refractivity contribution is 0.0679. The summed E-state index contributed by atoms with van der Waals surface area (Å²) in [5, 5.41) is 3.26. The third-order valence-corrected chi connectivity index (χ3v) is 8.81. The van der Waals surface area contributed by atoms with Crippen LogP contribution in [-0.4, -0.2) is 55.8 Å². The first kappa shape index (κ1) is 24.0. The number of piperidine rings is 1. The van der Waals surface area contributed by atoms with E-state index in [0.717, 1.165) is 62.7 Å². The monoisotopic (exact) mass is 488 g/mol. The van der Waals surface area contributed by atoms with Gasteiger partial charge in [0.25, 0.3) is 5.91 Å². The van der Waals surface area contributed by atoms with Gasteiger partial charge >= 0.3 is 0 Å². The van der Waals surface area contributed by atoms with Crippen LogP contribution in [0.2, 0.25) is 0 Å². The van der Waals surface area contributed by atoms with Crippen LogP contribution < -0.4 is 10.1 Å². The number of ether oxygens (including phenoxy) is 2. The Morgan fingerprint density at radius 3 is 2.61 bits per heavy atom. The molecule has 2 bridgehead atoms. The number of hydrogen-bond acceptors (Lipinski definition) is 4. The largest absolute Gasteiger partial charge is 0.491 e. The van der Waals surface area contributed by atoms with Gasteiger partial charge in [0.05, 0.1) is 6.10 Å². The zero-order valence-electron chi connectivity index (χ0n) is 21.4. The van der Waals surface area contributed by atoms with Gasteiger partial charge in [-0.3, -0.25) is 4.79 Å². The summed E-state index contributed by atoms with van der Waals surface area (Å²) in [6.07, 6.45) is 10.9. The molecule has 0 aromatic heterocycles. The Hall–Kier alpha value is -2.37. The highest BCUT2D eigenvalue weighted by Gasteiger charge is 2.32. The average molecular weight is 489 g/mol. The van der Waals surface area contributed by atoms with E-state index >= 15 is 0 Å². The quantitative estimate of drug-likeness (QED) is 0.580. The van der Waals surface area contributed by atoms with Crippen molar-refractivity contribution in [2.45, 2.75) is 69.9 Å². The van der Waals surface area contributed by atoms with Crippen LogP contribution in [-0.2, 0) is 24.0 Å². The second kappa shape index (κ2) is 10.9. The minimum atomic E-state index is 0.00115. The summed E-state index contributed by atoms with van der Waals surface area (Å²) in [6, 6.07) is 14.7. The number of aryl methyl sites for hydroxylation is 1. The van der Waals surface area contributed by atoms with Gasteiger partial charge in [0, 0.05) is 37.8 Å². The lowest BCUT2D eigenvalue weighted by Gasteiger charge is -2.32. The molecule has 6 rings (SSSR count). The maximum Gasteiger partial charge on any atom is 0.251 e. The summed E-state index contributed by atoms with van der Waals surface area (Å²) in [7, 11) is 0. The summed E-state index contributed by atoms with van der Waals surface area (Å²) in [4.78, 5) is 15.6. The highest BCUT2D eigenvalue weighted by Crippen LogP contribution is 2.36. The third kappa shape index (κ3) is 5.78. The zero-order chi connectivity index (χ0) is 24.3. The van der Waals surface area contributed by atoms with Crippen molar-refractivity contribution in [3.05, 3.63) is 64.7 Å². The van der Waals surface area contributed by atoms with Crippen molar-refractivity contribution in [3.63, 3.8) is 0 Å². The molecule has 0 spiro atoms. The second-order valence-corrected chi connectivity index (χ2v) is 11.5. The summed E-state index contributed by atoms with van der Waals surface area (Å²) in [6.45, 7) is 5.23. The van der Waals surface area contributed by atoms with Crippen molar-refractivity contribution in [1.82, 2.24) is 10.2 Å². The number of nitrogens with zero attached hydrogens (tertiary/aromatic N) is 1. The fraction of sp³-hybridized carbons (Fsp3) is 0.581. The number of rotatable bonds is 8. The van der Waals surface area contributed by atoms with Gasteiger partial charge in [0.15, 0.2) is 0 Å². The Bertz CT molecular complexity index is 1030. The molecular weight excluding hydrogens is 448 g/mol. The number of amides is 1. The first-order valence-electron chi connectivity index (χ1n) is 14.2. The summed E-state index contributed by atoms with van der Waals surface area (Å²) in [5.74, 6) is 2.71. The molecule has 5 nitrogen and oxygen atoms in total. The predicted molar refractivity (Wildman–Crippen MR) is 142 cm³/mol. The van der Waals surface area contributed by atoms with E-state index in [2.05, 4.69) is 28.4 Å². The maximum absolute atomic E-state index is 12.9. The van der Waals surface area contributed by atoms with Crippen LogP contribution in [0.25, 0.3) is 0 Å². The molecule has 1 amide bonds. The Morgan fingerprint density at radius 1 is 1.00 bits per heavy atom. The van der Waals surface area contributed by atoms with Gasteiger partial charge in [0.1, 0.15) is 12.4 Å². The van der Waals surface area contributed by atoms with Crippen molar-refractivity contribution in [2.75, 3.05) is 32.8 Å². The highest BCUT2D eigenvalue weighted by atomic mass is 16.5. The van der Waals surface area contributed by atoms with Gasteiger partial charge < -0.3 is 19.7 Å². The van der Waals surface area contributed by atoms with Crippen LogP contribution in [0.3, 0.4) is 0 Å². The van der Waals surface area contributed by atoms with Gasteiger partial charge in [-0.15, -0.1) is 0 Å². The van der Waals surface area contributed by atoms with Gasteiger partial charge in [-0.25, -0.2) is 0 Å². The number of carbonyl (C=O) groups excluding carboxylic acids is 1. The van der Waals surface area contributed by atoms with Gasteiger partial charge in [-0.1, -0.05) is 18.2 Å². The molecule has 2 aromatic carbocycles. The SMILES string of the molecule is O=C(N[C@H]1CCc2cc(CCN3CC4CCC(C4)C3)ccc2C1)c1ccc(OC[C@@H]2CCCO2)cc1. The second-order valence-electron chi connectivity index (χ2n) is 11.5. The van der Waals surface area contributed by atoms with E-state index in [0.29, 0.717) is 12.2 Å². The molecule has 0 radical (unpaired) electrons. The van der Waals surface area contributed by atoms with E-state index in [-0.39, 0.29) is 18.1 Å². The van der Waals surface area contributed by atoms with E-state index in [4.69, 9.17) is 9.47 Å². The van der Waals surface area contributed by atoms with Crippen LogP contribution in [0.15, 0.2) is 42.5 Å². The van der Waals surface area contributed by atoms with Crippen molar-refractivity contribution < 1.29 is 14.3 Å². The zero-order valence-corrected chi connectivity index (χ0v) is 21.4. The lowest BCUT2D eigenvalue weighted by atomic mass is 9.86. The molecule has 3 fully saturated rings. The molecule has 4 aliphatic rings. The van der Waals surface area contributed by atoms with E-state index in [1.807, 2.05) is 24.3 Å². The van der Waals surface area contributed by atoms with E-state index < -0.39 is 0 Å². The van der Waals surface area contributed by atoms with Crippen molar-refractivity contribution in [3.8, 4) is 5.75 Å². The number of fused-ring (bicyclic) bond motifs is 3. The molecule has 1 N–H and O–H groups in total. The number of nitrogens with one attached hydrogen (secondary N) is 1. The van der Waals surface area contributed by atoms with Crippen LogP contribution in [0.1, 0.15) is 65.6 Å². The van der Waals surface area contributed by atoms with E-state index in [1.165, 1.54) is 55.6 Å².